The first-order valence-electron chi connectivity index (χ1n) is 9.16. The van der Waals surface area contributed by atoms with Gasteiger partial charge in [0, 0.05) is 28.3 Å². The number of nitrogens with zero attached hydrogens (tertiary/aromatic N) is 1. The van der Waals surface area contributed by atoms with Crippen molar-refractivity contribution < 1.29 is 13.9 Å². The molecule has 1 amide bonds. The predicted molar refractivity (Wildman–Crippen MR) is 113 cm³/mol. The molecule has 29 heavy (non-hydrogen) atoms. The number of pyridine rings is 1. The summed E-state index contributed by atoms with van der Waals surface area (Å²) in [5.41, 5.74) is 4.54. The van der Waals surface area contributed by atoms with Crippen LogP contribution in [-0.2, 0) is 0 Å². The van der Waals surface area contributed by atoms with Crippen molar-refractivity contribution in [2.45, 2.75) is 6.92 Å². The Labute approximate surface area is 168 Å². The number of aromatic nitrogens is 1. The number of carbonyl (C=O) groups is 1. The average Bonchev–Trinajstić information content (AvgIpc) is 2.74. The number of halogens is 1. The monoisotopic (exact) mass is 386 g/mol. The molecule has 3 aromatic carbocycles. The van der Waals surface area contributed by atoms with Gasteiger partial charge in [-0.15, -0.1) is 0 Å². The zero-order valence-corrected chi connectivity index (χ0v) is 16.1. The second-order valence-electron chi connectivity index (χ2n) is 6.77. The van der Waals surface area contributed by atoms with E-state index in [0.717, 1.165) is 22.0 Å². The number of hydrogen-bond acceptors (Lipinski definition) is 3. The van der Waals surface area contributed by atoms with Crippen molar-refractivity contribution in [3.8, 4) is 17.0 Å². The van der Waals surface area contributed by atoms with E-state index in [4.69, 9.17) is 4.74 Å². The summed E-state index contributed by atoms with van der Waals surface area (Å²) in [6.45, 7) is 1.98. The predicted octanol–water partition coefficient (Wildman–Crippen LogP) is 5.61. The van der Waals surface area contributed by atoms with Crippen molar-refractivity contribution in [2.24, 2.45) is 0 Å². The summed E-state index contributed by atoms with van der Waals surface area (Å²) in [6.07, 6.45) is 0. The standard InChI is InChI=1S/C24H19FN2O2/c1-15-3-5-17(6-4-15)24(28)26-19-11-12-21-20(13-19)23(29-2)14-22(27-21)16-7-9-18(25)10-8-16/h3-14H,1-2H3,(H,26,28). The zero-order valence-electron chi connectivity index (χ0n) is 16.1. The summed E-state index contributed by atoms with van der Waals surface area (Å²) < 4.78 is 18.8. The molecular weight excluding hydrogens is 367 g/mol. The van der Waals surface area contributed by atoms with Gasteiger partial charge < -0.3 is 10.1 Å². The van der Waals surface area contributed by atoms with Gasteiger partial charge in [0.25, 0.3) is 5.91 Å². The van der Waals surface area contributed by atoms with Crippen molar-refractivity contribution in [3.63, 3.8) is 0 Å². The Morgan fingerprint density at radius 3 is 2.38 bits per heavy atom. The number of rotatable bonds is 4. The lowest BCUT2D eigenvalue weighted by Gasteiger charge is -2.11. The van der Waals surface area contributed by atoms with Crippen LogP contribution in [0.4, 0.5) is 10.1 Å². The summed E-state index contributed by atoms with van der Waals surface area (Å²) in [6, 6.07) is 20.8. The van der Waals surface area contributed by atoms with E-state index in [2.05, 4.69) is 10.3 Å². The molecule has 1 aromatic heterocycles. The second-order valence-corrected chi connectivity index (χ2v) is 6.77. The lowest BCUT2D eigenvalue weighted by atomic mass is 10.1. The van der Waals surface area contributed by atoms with Crippen LogP contribution < -0.4 is 10.1 Å². The summed E-state index contributed by atoms with van der Waals surface area (Å²) in [4.78, 5) is 17.2. The molecule has 0 atom stereocenters. The van der Waals surface area contributed by atoms with E-state index in [9.17, 15) is 9.18 Å². The minimum atomic E-state index is -0.296. The van der Waals surface area contributed by atoms with Crippen LogP contribution in [-0.4, -0.2) is 18.0 Å². The third-order valence-corrected chi connectivity index (χ3v) is 4.70. The molecule has 0 unspecified atom stereocenters. The second kappa shape index (κ2) is 7.72. The molecule has 0 saturated heterocycles. The van der Waals surface area contributed by atoms with E-state index in [-0.39, 0.29) is 11.7 Å². The number of nitrogens with one attached hydrogen (secondary N) is 1. The smallest absolute Gasteiger partial charge is 0.255 e. The molecule has 4 rings (SSSR count). The number of methoxy groups -OCH3 is 1. The third kappa shape index (κ3) is 3.94. The van der Waals surface area contributed by atoms with Gasteiger partial charge in [-0.25, -0.2) is 9.37 Å². The summed E-state index contributed by atoms with van der Waals surface area (Å²) in [7, 11) is 1.58. The van der Waals surface area contributed by atoms with E-state index < -0.39 is 0 Å². The number of benzene rings is 3. The van der Waals surface area contributed by atoms with E-state index >= 15 is 0 Å². The van der Waals surface area contributed by atoms with Gasteiger partial charge in [-0.2, -0.15) is 0 Å². The van der Waals surface area contributed by atoms with E-state index in [1.807, 2.05) is 31.2 Å². The number of ether oxygens (including phenoxy) is 1. The molecule has 0 aliphatic carbocycles. The molecule has 4 aromatic rings. The molecule has 1 heterocycles. The van der Waals surface area contributed by atoms with Gasteiger partial charge in [0.1, 0.15) is 11.6 Å². The Balaban J connectivity index is 1.68. The molecule has 4 nitrogen and oxygen atoms in total. The highest BCUT2D eigenvalue weighted by molar-refractivity contribution is 6.05. The summed E-state index contributed by atoms with van der Waals surface area (Å²) in [5, 5.41) is 3.69. The number of amides is 1. The van der Waals surface area contributed by atoms with Gasteiger partial charge >= 0.3 is 0 Å². The Morgan fingerprint density at radius 1 is 0.966 bits per heavy atom. The van der Waals surface area contributed by atoms with Crippen LogP contribution >= 0.6 is 0 Å². The lowest BCUT2D eigenvalue weighted by molar-refractivity contribution is 0.102. The molecule has 5 heteroatoms. The highest BCUT2D eigenvalue weighted by Crippen LogP contribution is 2.32. The van der Waals surface area contributed by atoms with Crippen molar-refractivity contribution >= 4 is 22.5 Å². The van der Waals surface area contributed by atoms with Gasteiger partial charge in [-0.1, -0.05) is 17.7 Å². The minimum absolute atomic E-state index is 0.181. The normalized spacial score (nSPS) is 10.7. The number of carbonyl (C=O) groups excluding carboxylic acids is 1. The van der Waals surface area contributed by atoms with Gasteiger partial charge in [-0.05, 0) is 61.5 Å². The van der Waals surface area contributed by atoms with Crippen LogP contribution in [0.1, 0.15) is 15.9 Å². The largest absolute Gasteiger partial charge is 0.496 e. The molecule has 0 bridgehead atoms. The van der Waals surface area contributed by atoms with E-state index in [1.165, 1.54) is 12.1 Å². The number of hydrogen-bond donors (Lipinski definition) is 1. The van der Waals surface area contributed by atoms with Gasteiger partial charge in [0.15, 0.2) is 0 Å². The van der Waals surface area contributed by atoms with Gasteiger partial charge in [0.05, 0.1) is 18.3 Å². The lowest BCUT2D eigenvalue weighted by Crippen LogP contribution is -2.11. The maximum Gasteiger partial charge on any atom is 0.255 e. The highest BCUT2D eigenvalue weighted by Gasteiger charge is 2.11. The van der Waals surface area contributed by atoms with Gasteiger partial charge in [-0.3, -0.25) is 4.79 Å². The maximum atomic E-state index is 13.2. The molecule has 0 aliphatic heterocycles. The first-order chi connectivity index (χ1) is 14.0. The maximum absolute atomic E-state index is 13.2. The topological polar surface area (TPSA) is 51.2 Å². The molecule has 0 fully saturated rings. The fourth-order valence-corrected chi connectivity index (χ4v) is 3.12. The van der Waals surface area contributed by atoms with E-state index in [0.29, 0.717) is 22.7 Å². The Hall–Kier alpha value is -3.73. The molecule has 1 N–H and O–H groups in total. The third-order valence-electron chi connectivity index (χ3n) is 4.70. The minimum Gasteiger partial charge on any atom is -0.496 e. The van der Waals surface area contributed by atoms with Crippen LogP contribution in [0.3, 0.4) is 0 Å². The summed E-state index contributed by atoms with van der Waals surface area (Å²) >= 11 is 0. The number of fused-ring (bicyclic) bond motifs is 1. The van der Waals surface area contributed by atoms with Crippen molar-refractivity contribution in [3.05, 3.63) is 89.7 Å². The quantitative estimate of drug-likeness (QED) is 0.496. The number of aryl methyl sites for hydroxylation is 1. The van der Waals surface area contributed by atoms with Crippen LogP contribution in [0, 0.1) is 12.7 Å². The first kappa shape index (κ1) is 18.6. The van der Waals surface area contributed by atoms with Crippen LogP contribution in [0.5, 0.6) is 5.75 Å². The highest BCUT2D eigenvalue weighted by atomic mass is 19.1. The fourth-order valence-electron chi connectivity index (χ4n) is 3.12. The zero-order chi connectivity index (χ0) is 20.4. The van der Waals surface area contributed by atoms with Crippen LogP contribution in [0.15, 0.2) is 72.8 Å². The molecule has 0 spiro atoms. The SMILES string of the molecule is COc1cc(-c2ccc(F)cc2)nc2ccc(NC(=O)c3ccc(C)cc3)cc12. The summed E-state index contributed by atoms with van der Waals surface area (Å²) in [5.74, 6) is 0.149. The van der Waals surface area contributed by atoms with Gasteiger partial charge in [0.2, 0.25) is 0 Å². The number of anilines is 1. The Kier molecular flexibility index (Phi) is 4.96. The fraction of sp³-hybridized carbons (Fsp3) is 0.0833. The van der Waals surface area contributed by atoms with Crippen molar-refractivity contribution in [2.75, 3.05) is 12.4 Å². The van der Waals surface area contributed by atoms with Crippen LogP contribution in [0.25, 0.3) is 22.2 Å². The molecule has 144 valence electrons. The average molecular weight is 386 g/mol. The Bertz CT molecular complexity index is 1190. The molecule has 0 aliphatic rings. The van der Waals surface area contributed by atoms with E-state index in [1.54, 1.807) is 43.5 Å². The first-order valence-corrected chi connectivity index (χ1v) is 9.16. The Morgan fingerprint density at radius 2 is 1.69 bits per heavy atom. The molecular formula is C24H19FN2O2. The molecule has 0 saturated carbocycles. The van der Waals surface area contributed by atoms with Crippen LogP contribution in [0.2, 0.25) is 0 Å². The van der Waals surface area contributed by atoms with Crippen molar-refractivity contribution in [1.29, 1.82) is 0 Å². The molecule has 0 radical (unpaired) electrons. The van der Waals surface area contributed by atoms with Crippen molar-refractivity contribution in [1.82, 2.24) is 4.98 Å².